The van der Waals surface area contributed by atoms with Crippen LogP contribution in [0.1, 0.15) is 34.1 Å². The lowest BCUT2D eigenvalue weighted by Crippen LogP contribution is -2.57. The third-order valence-corrected chi connectivity index (χ3v) is 2.64. The summed E-state index contributed by atoms with van der Waals surface area (Å²) in [5, 5.41) is 0. The molecule has 2 N–H and O–H groups in total. The van der Waals surface area contributed by atoms with Crippen molar-refractivity contribution >= 4 is 17.2 Å². The maximum atomic E-state index is 5.99. The summed E-state index contributed by atoms with van der Waals surface area (Å²) in [6.07, 6.45) is 0.793. The molecule has 0 aromatic rings. The summed E-state index contributed by atoms with van der Waals surface area (Å²) in [7, 11) is 0. The van der Waals surface area contributed by atoms with Crippen molar-refractivity contribution in [2.24, 2.45) is 5.73 Å². The highest BCUT2D eigenvalue weighted by atomic mass is 32.1. The molecular weight excluding hydrogens is 208 g/mol. The van der Waals surface area contributed by atoms with Gasteiger partial charge in [-0.2, -0.15) is 0 Å². The van der Waals surface area contributed by atoms with Crippen molar-refractivity contribution < 1.29 is 4.74 Å². The van der Waals surface area contributed by atoms with Crippen LogP contribution < -0.4 is 5.73 Å². The molecule has 0 radical (unpaired) electrons. The molecule has 0 unspecified atom stereocenters. The predicted molar refractivity (Wildman–Crippen MR) is 67.1 cm³/mol. The summed E-state index contributed by atoms with van der Waals surface area (Å²) in [4.78, 5) is 2.97. The van der Waals surface area contributed by atoms with Crippen LogP contribution in [0.3, 0.4) is 0 Å². The lowest BCUT2D eigenvalue weighted by Gasteiger charge is -2.47. The van der Waals surface area contributed by atoms with Crippen molar-refractivity contribution in [3.63, 3.8) is 0 Å². The third kappa shape index (κ3) is 4.45. The van der Waals surface area contributed by atoms with E-state index in [4.69, 9.17) is 22.7 Å². The number of ether oxygens (including phenoxy) is 1. The third-order valence-electron chi connectivity index (χ3n) is 2.44. The minimum absolute atomic E-state index is 0.0853. The number of morpholine rings is 1. The molecule has 3 nitrogen and oxygen atoms in total. The summed E-state index contributed by atoms with van der Waals surface area (Å²) < 4.78 is 5.99. The molecule has 1 rings (SSSR count). The largest absolute Gasteiger partial charge is 0.393 e. The Morgan fingerprint density at radius 1 is 1.27 bits per heavy atom. The van der Waals surface area contributed by atoms with E-state index in [0.717, 1.165) is 26.1 Å². The standard InChI is InChI=1S/C11H22N2OS/c1-10(2)7-13(6-5-9(12)15)8-11(3,4)14-10/h5-8H2,1-4H3,(H2,12,15). The van der Waals surface area contributed by atoms with Gasteiger partial charge in [-0.1, -0.05) is 12.2 Å². The quantitative estimate of drug-likeness (QED) is 0.747. The van der Waals surface area contributed by atoms with Crippen molar-refractivity contribution in [1.82, 2.24) is 4.90 Å². The van der Waals surface area contributed by atoms with Crippen LogP contribution in [-0.2, 0) is 4.74 Å². The second-order valence-corrected chi connectivity index (χ2v) is 6.07. The molecule has 1 aliphatic rings. The molecule has 1 saturated heterocycles. The van der Waals surface area contributed by atoms with Gasteiger partial charge in [-0.25, -0.2) is 0 Å². The lowest BCUT2D eigenvalue weighted by molar-refractivity contribution is -0.179. The highest BCUT2D eigenvalue weighted by Gasteiger charge is 2.37. The van der Waals surface area contributed by atoms with E-state index in [1.165, 1.54) is 0 Å². The second-order valence-electron chi connectivity index (χ2n) is 5.55. The van der Waals surface area contributed by atoms with Crippen molar-refractivity contribution in [2.75, 3.05) is 19.6 Å². The fourth-order valence-electron chi connectivity index (χ4n) is 2.37. The zero-order valence-electron chi connectivity index (χ0n) is 10.2. The first-order chi connectivity index (χ1) is 6.70. The van der Waals surface area contributed by atoms with Crippen LogP contribution in [0.25, 0.3) is 0 Å². The Bertz CT molecular complexity index is 235. The number of thiocarbonyl (C=S) groups is 1. The summed E-state index contributed by atoms with van der Waals surface area (Å²) in [6, 6.07) is 0. The van der Waals surface area contributed by atoms with Crippen LogP contribution in [0.5, 0.6) is 0 Å². The molecule has 0 aliphatic carbocycles. The Balaban J connectivity index is 2.55. The highest BCUT2D eigenvalue weighted by Crippen LogP contribution is 2.27. The van der Waals surface area contributed by atoms with Crippen LogP contribution in [-0.4, -0.2) is 40.7 Å². The van der Waals surface area contributed by atoms with Gasteiger partial charge in [0.05, 0.1) is 16.2 Å². The molecule has 0 saturated carbocycles. The van der Waals surface area contributed by atoms with Gasteiger partial charge in [0.2, 0.25) is 0 Å². The van der Waals surface area contributed by atoms with Crippen molar-refractivity contribution in [1.29, 1.82) is 0 Å². The summed E-state index contributed by atoms with van der Waals surface area (Å²) >= 11 is 4.90. The number of nitrogens with two attached hydrogens (primary N) is 1. The van der Waals surface area contributed by atoms with Gasteiger partial charge in [0.15, 0.2) is 0 Å². The minimum atomic E-state index is -0.0853. The number of rotatable bonds is 3. The van der Waals surface area contributed by atoms with Crippen LogP contribution in [0.4, 0.5) is 0 Å². The van der Waals surface area contributed by atoms with E-state index in [2.05, 4.69) is 32.6 Å². The molecule has 0 atom stereocenters. The molecule has 88 valence electrons. The van der Waals surface area contributed by atoms with E-state index < -0.39 is 0 Å². The fraction of sp³-hybridized carbons (Fsp3) is 0.909. The maximum Gasteiger partial charge on any atom is 0.0760 e. The fourth-order valence-corrected chi connectivity index (χ4v) is 2.46. The maximum absolute atomic E-state index is 5.99. The first kappa shape index (κ1) is 12.9. The average Bonchev–Trinajstić information content (AvgIpc) is 1.94. The molecule has 15 heavy (non-hydrogen) atoms. The molecule has 0 amide bonds. The smallest absolute Gasteiger partial charge is 0.0760 e. The lowest BCUT2D eigenvalue weighted by atomic mass is 9.99. The van der Waals surface area contributed by atoms with E-state index >= 15 is 0 Å². The van der Waals surface area contributed by atoms with Gasteiger partial charge in [0.1, 0.15) is 0 Å². The molecule has 4 heteroatoms. The van der Waals surface area contributed by atoms with Gasteiger partial charge in [0, 0.05) is 26.1 Å². The second kappa shape index (κ2) is 4.36. The van der Waals surface area contributed by atoms with Crippen LogP contribution in [0.15, 0.2) is 0 Å². The van der Waals surface area contributed by atoms with Crippen molar-refractivity contribution in [2.45, 2.75) is 45.3 Å². The monoisotopic (exact) mass is 230 g/mol. The Morgan fingerprint density at radius 2 is 1.73 bits per heavy atom. The topological polar surface area (TPSA) is 38.5 Å². The highest BCUT2D eigenvalue weighted by molar-refractivity contribution is 7.80. The Labute approximate surface area is 98.0 Å². The van der Waals surface area contributed by atoms with E-state index in [-0.39, 0.29) is 11.2 Å². The average molecular weight is 230 g/mol. The normalized spacial score (nSPS) is 25.1. The Kier molecular flexibility index (Phi) is 3.74. The number of hydrogen-bond donors (Lipinski definition) is 1. The van der Waals surface area contributed by atoms with Gasteiger partial charge >= 0.3 is 0 Å². The van der Waals surface area contributed by atoms with Gasteiger partial charge in [-0.05, 0) is 27.7 Å². The first-order valence-electron chi connectivity index (χ1n) is 5.41. The molecule has 0 aromatic heterocycles. The van der Waals surface area contributed by atoms with Gasteiger partial charge in [0.25, 0.3) is 0 Å². The van der Waals surface area contributed by atoms with Gasteiger partial charge < -0.3 is 10.5 Å². The minimum Gasteiger partial charge on any atom is -0.393 e. The van der Waals surface area contributed by atoms with Crippen LogP contribution in [0.2, 0.25) is 0 Å². The number of hydrogen-bond acceptors (Lipinski definition) is 3. The molecule has 0 bridgehead atoms. The SMILES string of the molecule is CC1(C)CN(CCC(N)=S)CC(C)(C)O1. The molecule has 1 heterocycles. The summed E-state index contributed by atoms with van der Waals surface area (Å²) in [5.74, 6) is 0. The Morgan fingerprint density at radius 3 is 2.13 bits per heavy atom. The zero-order valence-corrected chi connectivity index (χ0v) is 11.0. The van der Waals surface area contributed by atoms with E-state index in [1.807, 2.05) is 0 Å². The van der Waals surface area contributed by atoms with Crippen LogP contribution >= 0.6 is 12.2 Å². The molecule has 1 fully saturated rings. The van der Waals surface area contributed by atoms with Crippen molar-refractivity contribution in [3.05, 3.63) is 0 Å². The molecule has 0 spiro atoms. The van der Waals surface area contributed by atoms with E-state index in [1.54, 1.807) is 0 Å². The van der Waals surface area contributed by atoms with Crippen molar-refractivity contribution in [3.8, 4) is 0 Å². The van der Waals surface area contributed by atoms with E-state index in [9.17, 15) is 0 Å². The molecule has 0 aromatic carbocycles. The molecular formula is C11H22N2OS. The zero-order chi connectivity index (χ0) is 11.7. The van der Waals surface area contributed by atoms with Gasteiger partial charge in [-0.15, -0.1) is 0 Å². The van der Waals surface area contributed by atoms with Crippen LogP contribution in [0, 0.1) is 0 Å². The summed E-state index contributed by atoms with van der Waals surface area (Å²) in [6.45, 7) is 11.3. The molecule has 1 aliphatic heterocycles. The Hall–Kier alpha value is -0.190. The summed E-state index contributed by atoms with van der Waals surface area (Å²) in [5.41, 5.74) is 5.35. The first-order valence-corrected chi connectivity index (χ1v) is 5.82. The predicted octanol–water partition coefficient (Wildman–Crippen LogP) is 1.55. The van der Waals surface area contributed by atoms with E-state index in [0.29, 0.717) is 4.99 Å². The van der Waals surface area contributed by atoms with Gasteiger partial charge in [-0.3, -0.25) is 4.90 Å². The number of nitrogens with zero attached hydrogens (tertiary/aromatic N) is 1.